The largest absolute Gasteiger partial charge is 0.433 e. The fraction of sp³-hybridized carbons (Fsp3) is 0.0714. The van der Waals surface area contributed by atoms with Crippen molar-refractivity contribution in [3.8, 4) is 6.07 Å². The lowest BCUT2D eigenvalue weighted by molar-refractivity contribution is -0.141. The van der Waals surface area contributed by atoms with E-state index in [-0.39, 0.29) is 11.3 Å². The molecule has 0 bridgehead atoms. The number of pyridine rings is 1. The van der Waals surface area contributed by atoms with Crippen LogP contribution in [0.4, 0.5) is 18.9 Å². The molecule has 4 nitrogen and oxygen atoms in total. The van der Waals surface area contributed by atoms with E-state index in [1.54, 1.807) is 0 Å². The van der Waals surface area contributed by atoms with Gasteiger partial charge in [0.25, 0.3) is 5.91 Å². The molecule has 1 N–H and O–H groups in total. The average Bonchev–Trinajstić information content (AvgIpc) is 2.47. The molecule has 0 unspecified atom stereocenters. The third-order valence-corrected chi connectivity index (χ3v) is 2.59. The molecular formula is C14H8F3N3O. The molecule has 0 atom stereocenters. The van der Waals surface area contributed by atoms with Crippen molar-refractivity contribution in [2.24, 2.45) is 0 Å². The quantitative estimate of drug-likeness (QED) is 0.923. The normalized spacial score (nSPS) is 10.8. The van der Waals surface area contributed by atoms with Crippen LogP contribution in [0.2, 0.25) is 0 Å². The molecule has 0 aliphatic heterocycles. The summed E-state index contributed by atoms with van der Waals surface area (Å²) in [5, 5.41) is 11.1. The van der Waals surface area contributed by atoms with Crippen molar-refractivity contribution in [1.29, 1.82) is 5.26 Å². The fourth-order valence-corrected chi connectivity index (χ4v) is 1.53. The Morgan fingerprint density at radius 3 is 2.29 bits per heavy atom. The zero-order valence-electron chi connectivity index (χ0n) is 10.5. The van der Waals surface area contributed by atoms with Crippen LogP contribution in [0.5, 0.6) is 0 Å². The number of alkyl halides is 3. The smallest absolute Gasteiger partial charge is 0.321 e. The molecule has 7 heteroatoms. The van der Waals surface area contributed by atoms with E-state index in [0.717, 1.165) is 18.3 Å². The second-order valence-corrected chi connectivity index (χ2v) is 4.07. The van der Waals surface area contributed by atoms with Crippen LogP contribution in [0.3, 0.4) is 0 Å². The van der Waals surface area contributed by atoms with Gasteiger partial charge in [-0.1, -0.05) is 0 Å². The van der Waals surface area contributed by atoms with E-state index >= 15 is 0 Å². The van der Waals surface area contributed by atoms with Crippen LogP contribution in [0, 0.1) is 11.3 Å². The molecule has 0 aliphatic rings. The first-order chi connectivity index (χ1) is 9.90. The highest BCUT2D eigenvalue weighted by molar-refractivity contribution is 6.04. The minimum atomic E-state index is -4.52. The van der Waals surface area contributed by atoms with Crippen molar-refractivity contribution < 1.29 is 18.0 Å². The average molecular weight is 291 g/mol. The van der Waals surface area contributed by atoms with E-state index in [0.29, 0.717) is 5.56 Å². The summed E-state index contributed by atoms with van der Waals surface area (Å²) >= 11 is 0. The third kappa shape index (κ3) is 3.57. The number of hydrogen-bond acceptors (Lipinski definition) is 3. The van der Waals surface area contributed by atoms with E-state index in [2.05, 4.69) is 10.3 Å². The maximum Gasteiger partial charge on any atom is 0.433 e. The molecular weight excluding hydrogens is 283 g/mol. The van der Waals surface area contributed by atoms with Gasteiger partial charge in [-0.05, 0) is 36.4 Å². The highest BCUT2D eigenvalue weighted by Crippen LogP contribution is 2.27. The Kier molecular flexibility index (Phi) is 3.89. The van der Waals surface area contributed by atoms with Gasteiger partial charge in [-0.25, -0.2) is 4.98 Å². The first-order valence-corrected chi connectivity index (χ1v) is 5.75. The summed E-state index contributed by atoms with van der Waals surface area (Å²) in [6.45, 7) is 0. The van der Waals surface area contributed by atoms with E-state index in [9.17, 15) is 18.0 Å². The SMILES string of the molecule is N#Cc1ccc(C(=O)Nc2ccc(C(F)(F)F)nc2)cc1. The van der Waals surface area contributed by atoms with Gasteiger partial charge in [0.15, 0.2) is 0 Å². The number of benzene rings is 1. The molecule has 21 heavy (non-hydrogen) atoms. The molecule has 0 spiro atoms. The Bertz CT molecular complexity index is 685. The number of aromatic nitrogens is 1. The van der Waals surface area contributed by atoms with Gasteiger partial charge in [0, 0.05) is 5.56 Å². The summed E-state index contributed by atoms with van der Waals surface area (Å²) in [6, 6.07) is 9.67. The highest BCUT2D eigenvalue weighted by Gasteiger charge is 2.32. The molecule has 0 radical (unpaired) electrons. The van der Waals surface area contributed by atoms with Crippen molar-refractivity contribution >= 4 is 11.6 Å². The standard InChI is InChI=1S/C14H8F3N3O/c15-14(16,17)12-6-5-11(8-19-12)20-13(21)10-3-1-9(7-18)2-4-10/h1-6,8H,(H,20,21). The Hall–Kier alpha value is -2.88. The molecule has 2 rings (SSSR count). The summed E-state index contributed by atoms with van der Waals surface area (Å²) in [4.78, 5) is 15.1. The molecule has 106 valence electrons. The second kappa shape index (κ2) is 5.63. The molecule has 0 fully saturated rings. The molecule has 0 saturated heterocycles. The zero-order valence-corrected chi connectivity index (χ0v) is 10.5. The van der Waals surface area contributed by atoms with Crippen LogP contribution in [0.15, 0.2) is 42.6 Å². The number of amides is 1. The fourth-order valence-electron chi connectivity index (χ4n) is 1.53. The van der Waals surface area contributed by atoms with Gasteiger partial charge < -0.3 is 5.32 Å². The molecule has 1 heterocycles. The van der Waals surface area contributed by atoms with Crippen molar-refractivity contribution in [2.75, 3.05) is 5.32 Å². The number of halogens is 3. The van der Waals surface area contributed by atoms with E-state index in [1.165, 1.54) is 24.3 Å². The molecule has 1 aromatic carbocycles. The van der Waals surface area contributed by atoms with Gasteiger partial charge in [-0.3, -0.25) is 4.79 Å². The molecule has 1 aromatic heterocycles. The minimum absolute atomic E-state index is 0.150. The van der Waals surface area contributed by atoms with Crippen molar-refractivity contribution in [1.82, 2.24) is 4.98 Å². The zero-order chi connectivity index (χ0) is 15.5. The number of nitrogens with one attached hydrogen (secondary N) is 1. The van der Waals surface area contributed by atoms with Gasteiger partial charge in [-0.15, -0.1) is 0 Å². The number of nitriles is 1. The van der Waals surface area contributed by atoms with E-state index in [4.69, 9.17) is 5.26 Å². The topological polar surface area (TPSA) is 65.8 Å². The molecule has 0 saturated carbocycles. The van der Waals surface area contributed by atoms with Crippen LogP contribution in [0.1, 0.15) is 21.6 Å². The minimum Gasteiger partial charge on any atom is -0.321 e. The lowest BCUT2D eigenvalue weighted by Crippen LogP contribution is -2.13. The third-order valence-electron chi connectivity index (χ3n) is 2.59. The number of carbonyl (C=O) groups is 1. The van der Waals surface area contributed by atoms with Gasteiger partial charge in [0.05, 0.1) is 23.5 Å². The second-order valence-electron chi connectivity index (χ2n) is 4.07. The van der Waals surface area contributed by atoms with Crippen molar-refractivity contribution in [3.63, 3.8) is 0 Å². The van der Waals surface area contributed by atoms with Gasteiger partial charge in [0.2, 0.25) is 0 Å². The molecule has 2 aromatic rings. The molecule has 0 aliphatic carbocycles. The Morgan fingerprint density at radius 1 is 1.14 bits per heavy atom. The monoisotopic (exact) mass is 291 g/mol. The Morgan fingerprint density at radius 2 is 1.81 bits per heavy atom. The van der Waals surface area contributed by atoms with Crippen molar-refractivity contribution in [2.45, 2.75) is 6.18 Å². The van der Waals surface area contributed by atoms with Crippen LogP contribution >= 0.6 is 0 Å². The van der Waals surface area contributed by atoms with E-state index < -0.39 is 17.8 Å². The predicted molar refractivity (Wildman–Crippen MR) is 68.3 cm³/mol. The number of hydrogen-bond donors (Lipinski definition) is 1. The van der Waals surface area contributed by atoms with Crippen LogP contribution < -0.4 is 5.32 Å². The Balaban J connectivity index is 2.10. The number of nitrogens with zero attached hydrogens (tertiary/aromatic N) is 2. The number of rotatable bonds is 2. The maximum absolute atomic E-state index is 12.3. The molecule has 1 amide bonds. The Labute approximate surface area is 117 Å². The summed E-state index contributed by atoms with van der Waals surface area (Å²) in [7, 11) is 0. The van der Waals surface area contributed by atoms with Crippen LogP contribution in [-0.2, 0) is 6.18 Å². The summed E-state index contributed by atoms with van der Waals surface area (Å²) in [6.07, 6.45) is -3.58. The van der Waals surface area contributed by atoms with Crippen LogP contribution in [-0.4, -0.2) is 10.9 Å². The van der Waals surface area contributed by atoms with E-state index in [1.807, 2.05) is 6.07 Å². The van der Waals surface area contributed by atoms with Gasteiger partial charge in [0.1, 0.15) is 5.69 Å². The first kappa shape index (κ1) is 14.5. The van der Waals surface area contributed by atoms with Gasteiger partial charge >= 0.3 is 6.18 Å². The summed E-state index contributed by atoms with van der Waals surface area (Å²) in [5.74, 6) is -0.499. The maximum atomic E-state index is 12.3. The first-order valence-electron chi connectivity index (χ1n) is 5.75. The lowest BCUT2D eigenvalue weighted by Gasteiger charge is -2.08. The van der Waals surface area contributed by atoms with Crippen molar-refractivity contribution in [3.05, 3.63) is 59.4 Å². The lowest BCUT2D eigenvalue weighted by atomic mass is 10.1. The summed E-state index contributed by atoms with van der Waals surface area (Å²) < 4.78 is 37.0. The number of carbonyl (C=O) groups excluding carboxylic acids is 1. The van der Waals surface area contributed by atoms with Gasteiger partial charge in [-0.2, -0.15) is 18.4 Å². The summed E-state index contributed by atoms with van der Waals surface area (Å²) in [5.41, 5.74) is -0.187. The highest BCUT2D eigenvalue weighted by atomic mass is 19.4. The predicted octanol–water partition coefficient (Wildman–Crippen LogP) is 3.22. The van der Waals surface area contributed by atoms with Crippen LogP contribution in [0.25, 0.3) is 0 Å². The number of anilines is 1.